The van der Waals surface area contributed by atoms with Crippen LogP contribution in [0.1, 0.15) is 64.9 Å². The number of nitrogens with zero attached hydrogens (tertiary/aromatic N) is 1. The lowest BCUT2D eigenvalue weighted by Crippen LogP contribution is -2.44. The SMILES string of the molecule is CC/C=C1/NC(=O)CCC1N1C(C)=CNc2cccc(NC(=O)CC)c2C1=C1CC1. The molecular weight excluding hydrogens is 376 g/mol. The van der Waals surface area contributed by atoms with Crippen molar-refractivity contribution in [3.05, 3.63) is 53.0 Å². The first-order valence-electron chi connectivity index (χ1n) is 10.9. The van der Waals surface area contributed by atoms with Crippen LogP contribution in [0, 0.1) is 0 Å². The Hall–Kier alpha value is -3.02. The number of carbonyl (C=O) groups is 2. The Kier molecular flexibility index (Phi) is 5.66. The molecule has 1 unspecified atom stereocenters. The van der Waals surface area contributed by atoms with Crippen LogP contribution in [0.3, 0.4) is 0 Å². The van der Waals surface area contributed by atoms with Crippen LogP contribution in [0.15, 0.2) is 47.4 Å². The number of carbonyl (C=O) groups excluding carboxylic acids is 2. The number of fused-ring (bicyclic) bond motifs is 1. The van der Waals surface area contributed by atoms with Crippen molar-refractivity contribution in [3.8, 4) is 0 Å². The molecule has 3 N–H and O–H groups in total. The van der Waals surface area contributed by atoms with Crippen LogP contribution in [-0.4, -0.2) is 22.8 Å². The highest BCUT2D eigenvalue weighted by Gasteiger charge is 2.37. The number of piperidine rings is 1. The Balaban J connectivity index is 1.85. The minimum atomic E-state index is 0.000484. The molecule has 0 bridgehead atoms. The number of nitrogens with one attached hydrogen (secondary N) is 3. The first-order chi connectivity index (χ1) is 14.5. The highest BCUT2D eigenvalue weighted by atomic mass is 16.2. The quantitative estimate of drug-likeness (QED) is 0.678. The lowest BCUT2D eigenvalue weighted by atomic mass is 9.96. The summed E-state index contributed by atoms with van der Waals surface area (Å²) in [6, 6.07) is 6.05. The summed E-state index contributed by atoms with van der Waals surface area (Å²) in [6.45, 7) is 6.05. The van der Waals surface area contributed by atoms with E-state index >= 15 is 0 Å². The second-order valence-electron chi connectivity index (χ2n) is 8.05. The fourth-order valence-electron chi connectivity index (χ4n) is 4.27. The van der Waals surface area contributed by atoms with Crippen molar-refractivity contribution in [2.75, 3.05) is 10.6 Å². The smallest absolute Gasteiger partial charge is 0.224 e. The van der Waals surface area contributed by atoms with Crippen molar-refractivity contribution in [2.45, 2.75) is 65.3 Å². The maximum Gasteiger partial charge on any atom is 0.224 e. The maximum atomic E-state index is 12.2. The van der Waals surface area contributed by atoms with Gasteiger partial charge in [-0.25, -0.2) is 0 Å². The average molecular weight is 407 g/mol. The first kappa shape index (κ1) is 20.3. The van der Waals surface area contributed by atoms with E-state index in [-0.39, 0.29) is 17.9 Å². The van der Waals surface area contributed by atoms with Crippen molar-refractivity contribution < 1.29 is 9.59 Å². The summed E-state index contributed by atoms with van der Waals surface area (Å²) in [4.78, 5) is 26.7. The predicted octanol–water partition coefficient (Wildman–Crippen LogP) is 4.70. The van der Waals surface area contributed by atoms with Crippen LogP contribution in [0.5, 0.6) is 0 Å². The summed E-state index contributed by atoms with van der Waals surface area (Å²) in [5, 5.41) is 9.65. The zero-order valence-corrected chi connectivity index (χ0v) is 18.0. The molecule has 2 fully saturated rings. The van der Waals surface area contributed by atoms with Gasteiger partial charge < -0.3 is 20.9 Å². The molecule has 2 aliphatic heterocycles. The molecule has 0 aromatic heterocycles. The van der Waals surface area contributed by atoms with Crippen LogP contribution >= 0.6 is 0 Å². The summed E-state index contributed by atoms with van der Waals surface area (Å²) < 4.78 is 0. The molecule has 1 aromatic carbocycles. The average Bonchev–Trinajstić information content (AvgIpc) is 3.57. The maximum absolute atomic E-state index is 12.2. The van der Waals surface area contributed by atoms with Gasteiger partial charge in [0.25, 0.3) is 0 Å². The normalized spacial score (nSPS) is 22.0. The minimum absolute atomic E-state index is 0.000484. The van der Waals surface area contributed by atoms with Crippen LogP contribution in [0.4, 0.5) is 11.4 Å². The van der Waals surface area contributed by atoms with Gasteiger partial charge in [0.2, 0.25) is 11.8 Å². The van der Waals surface area contributed by atoms with Crippen LogP contribution < -0.4 is 16.0 Å². The number of allylic oxidation sites excluding steroid dienone is 3. The van der Waals surface area contributed by atoms with Gasteiger partial charge in [0.1, 0.15) is 0 Å². The van der Waals surface area contributed by atoms with Gasteiger partial charge in [-0.2, -0.15) is 0 Å². The number of hydrogen-bond donors (Lipinski definition) is 3. The van der Waals surface area contributed by atoms with E-state index in [1.54, 1.807) is 0 Å². The second kappa shape index (κ2) is 8.38. The minimum Gasteiger partial charge on any atom is -0.359 e. The van der Waals surface area contributed by atoms with Gasteiger partial charge in [-0.05, 0) is 50.3 Å². The van der Waals surface area contributed by atoms with Gasteiger partial charge in [0.15, 0.2) is 0 Å². The van der Waals surface area contributed by atoms with Gasteiger partial charge in [-0.3, -0.25) is 9.59 Å². The Morgan fingerprint density at radius 3 is 2.77 bits per heavy atom. The molecule has 3 aliphatic rings. The largest absolute Gasteiger partial charge is 0.359 e. The van der Waals surface area contributed by atoms with E-state index in [0.717, 1.165) is 54.0 Å². The zero-order valence-electron chi connectivity index (χ0n) is 18.0. The van der Waals surface area contributed by atoms with Crippen LogP contribution in [-0.2, 0) is 9.59 Å². The third-order valence-electron chi connectivity index (χ3n) is 5.81. The van der Waals surface area contributed by atoms with Gasteiger partial charge in [-0.1, -0.05) is 26.0 Å². The van der Waals surface area contributed by atoms with Gasteiger partial charge >= 0.3 is 0 Å². The van der Waals surface area contributed by atoms with E-state index < -0.39 is 0 Å². The van der Waals surface area contributed by atoms with Crippen LogP contribution in [0.2, 0.25) is 0 Å². The third-order valence-corrected chi connectivity index (χ3v) is 5.81. The van der Waals surface area contributed by atoms with Crippen molar-refractivity contribution in [2.24, 2.45) is 0 Å². The molecule has 2 heterocycles. The molecule has 30 heavy (non-hydrogen) atoms. The summed E-state index contributed by atoms with van der Waals surface area (Å²) in [5.74, 6) is 0.0815. The Morgan fingerprint density at radius 2 is 2.07 bits per heavy atom. The Labute approximate surface area is 178 Å². The highest BCUT2D eigenvalue weighted by Crippen LogP contribution is 2.47. The first-order valence-corrected chi connectivity index (χ1v) is 10.9. The summed E-state index contributed by atoms with van der Waals surface area (Å²) >= 11 is 0. The summed E-state index contributed by atoms with van der Waals surface area (Å²) in [6.07, 6.45) is 8.82. The molecule has 1 aromatic rings. The second-order valence-corrected chi connectivity index (χ2v) is 8.05. The molecule has 0 radical (unpaired) electrons. The molecule has 1 saturated carbocycles. The molecule has 1 aliphatic carbocycles. The lowest BCUT2D eigenvalue weighted by Gasteiger charge is -2.39. The monoisotopic (exact) mass is 406 g/mol. The molecule has 0 spiro atoms. The molecule has 2 amide bonds. The third kappa shape index (κ3) is 3.86. The Morgan fingerprint density at radius 1 is 1.27 bits per heavy atom. The van der Waals surface area contributed by atoms with Gasteiger partial charge in [0, 0.05) is 41.7 Å². The Bertz CT molecular complexity index is 967. The van der Waals surface area contributed by atoms with Crippen LogP contribution in [0.25, 0.3) is 5.70 Å². The highest BCUT2D eigenvalue weighted by molar-refractivity contribution is 5.98. The summed E-state index contributed by atoms with van der Waals surface area (Å²) in [7, 11) is 0. The standard InChI is InChI=1S/C24H30N4O2/c1-4-7-17-20(12-13-22(30)26-17)28-15(3)14-25-18-8-6-9-19(27-21(29)5-2)23(18)24(28)16-10-11-16/h6-9,14,20,25H,4-5,10-13H2,1-3H3,(H,26,30)(H,27,29)/b17-7+. The zero-order chi connectivity index (χ0) is 21.3. The summed E-state index contributed by atoms with van der Waals surface area (Å²) in [5.41, 5.74) is 7.47. The predicted molar refractivity (Wildman–Crippen MR) is 120 cm³/mol. The van der Waals surface area contributed by atoms with Crippen molar-refractivity contribution in [1.29, 1.82) is 0 Å². The molecule has 6 heteroatoms. The molecule has 158 valence electrons. The number of hydrogen-bond acceptors (Lipinski definition) is 4. The number of rotatable bonds is 4. The van der Waals surface area contributed by atoms with E-state index in [1.807, 2.05) is 25.3 Å². The fourth-order valence-corrected chi connectivity index (χ4v) is 4.27. The van der Waals surface area contributed by atoms with Gasteiger partial charge in [0.05, 0.1) is 17.4 Å². The van der Waals surface area contributed by atoms with E-state index in [1.165, 1.54) is 11.3 Å². The number of amides is 2. The molecule has 6 nitrogen and oxygen atoms in total. The van der Waals surface area contributed by atoms with E-state index in [0.29, 0.717) is 12.8 Å². The number of anilines is 2. The fraction of sp³-hybridized carbons (Fsp3) is 0.417. The van der Waals surface area contributed by atoms with Crippen molar-refractivity contribution in [3.63, 3.8) is 0 Å². The van der Waals surface area contributed by atoms with E-state index in [2.05, 4.69) is 46.8 Å². The molecular formula is C24H30N4O2. The molecule has 1 atom stereocenters. The van der Waals surface area contributed by atoms with Gasteiger partial charge in [-0.15, -0.1) is 0 Å². The molecule has 4 rings (SSSR count). The van der Waals surface area contributed by atoms with E-state index in [4.69, 9.17) is 0 Å². The topological polar surface area (TPSA) is 73.5 Å². The molecule has 1 saturated heterocycles. The number of benzene rings is 1. The lowest BCUT2D eigenvalue weighted by molar-refractivity contribution is -0.121. The van der Waals surface area contributed by atoms with Crippen molar-refractivity contribution in [1.82, 2.24) is 10.2 Å². The van der Waals surface area contributed by atoms with Crippen molar-refractivity contribution >= 4 is 28.9 Å². The van der Waals surface area contributed by atoms with E-state index in [9.17, 15) is 9.59 Å².